The average molecular weight is 412 g/mol. The molecule has 10 heteroatoms. The molecular weight excluding hydrogens is 392 g/mol. The van der Waals surface area contributed by atoms with E-state index in [-0.39, 0.29) is 17.7 Å². The van der Waals surface area contributed by atoms with E-state index in [1.807, 2.05) is 17.9 Å². The number of alkyl halides is 2. The Bertz CT molecular complexity index is 848. The maximum Gasteiger partial charge on any atom is 0.315 e. The first-order valence-corrected chi connectivity index (χ1v) is 9.07. The number of nitrogens with two attached hydrogens (primary N) is 1. The Labute approximate surface area is 165 Å². The van der Waals surface area contributed by atoms with Gasteiger partial charge in [-0.15, -0.1) is 0 Å². The molecule has 0 aliphatic carbocycles. The molecule has 2 aromatic rings. The lowest BCUT2D eigenvalue weighted by molar-refractivity contribution is -0.126. The molecule has 1 aliphatic rings. The fourth-order valence-corrected chi connectivity index (χ4v) is 3.41. The van der Waals surface area contributed by atoms with Gasteiger partial charge in [0.2, 0.25) is 5.95 Å². The zero-order valence-corrected chi connectivity index (χ0v) is 15.9. The van der Waals surface area contributed by atoms with Crippen LogP contribution >= 0.6 is 11.6 Å². The van der Waals surface area contributed by atoms with Gasteiger partial charge in [0, 0.05) is 35.6 Å². The van der Waals surface area contributed by atoms with Crippen LogP contribution in [0, 0.1) is 6.92 Å². The number of nitrogens with one attached hydrogen (secondary N) is 1. The average Bonchev–Trinajstić information content (AvgIpc) is 2.87. The molecule has 1 aromatic heterocycles. The van der Waals surface area contributed by atoms with Gasteiger partial charge in [0.15, 0.2) is 0 Å². The second-order valence-electron chi connectivity index (χ2n) is 6.39. The monoisotopic (exact) mass is 411 g/mol. The van der Waals surface area contributed by atoms with Crippen molar-refractivity contribution in [3.8, 4) is 0 Å². The lowest BCUT2D eigenvalue weighted by Gasteiger charge is -2.31. The topological polar surface area (TPSA) is 93.4 Å². The largest absolute Gasteiger partial charge is 0.379 e. The molecule has 1 saturated heterocycles. The smallest absolute Gasteiger partial charge is 0.315 e. The molecule has 0 saturated carbocycles. The molecule has 7 nitrogen and oxygen atoms in total. The van der Waals surface area contributed by atoms with E-state index in [4.69, 9.17) is 22.1 Å². The minimum absolute atomic E-state index is 0.176. The normalized spacial score (nSPS) is 17.5. The summed E-state index contributed by atoms with van der Waals surface area (Å²) in [6.07, 6.45) is -2.31. The molecule has 1 atom stereocenters. The molecule has 28 heavy (non-hydrogen) atoms. The van der Waals surface area contributed by atoms with Crippen molar-refractivity contribution in [2.45, 2.75) is 25.8 Å². The van der Waals surface area contributed by atoms with Crippen LogP contribution in [0.4, 0.5) is 26.2 Å². The predicted octanol–water partition coefficient (Wildman–Crippen LogP) is 3.19. The lowest BCUT2D eigenvalue weighted by Crippen LogP contribution is -2.32. The van der Waals surface area contributed by atoms with Crippen LogP contribution in [-0.2, 0) is 9.53 Å². The van der Waals surface area contributed by atoms with Gasteiger partial charge in [-0.2, -0.15) is 13.8 Å². The standard InChI is InChI=1S/C18H20ClF2N5O2/c1-10-7-15(25-18(22)23-10)26-5-2-6-28-9-14(26)12-4-3-11(8-13(12)19)24-17(27)16(20)21/h3-4,7-8,14,16H,2,5-6,9H2,1H3,(H,24,27)(H2,22,23,25)/t14-/m0/s1. The highest BCUT2D eigenvalue weighted by atomic mass is 35.5. The summed E-state index contributed by atoms with van der Waals surface area (Å²) in [5.41, 5.74) is 7.47. The van der Waals surface area contributed by atoms with Crippen molar-refractivity contribution in [2.75, 3.05) is 35.7 Å². The van der Waals surface area contributed by atoms with Gasteiger partial charge < -0.3 is 20.7 Å². The van der Waals surface area contributed by atoms with E-state index in [1.54, 1.807) is 6.07 Å². The van der Waals surface area contributed by atoms with Crippen molar-refractivity contribution >= 4 is 35.0 Å². The van der Waals surface area contributed by atoms with Gasteiger partial charge in [-0.25, -0.2) is 4.98 Å². The third-order valence-electron chi connectivity index (χ3n) is 4.32. The van der Waals surface area contributed by atoms with E-state index in [0.717, 1.165) is 17.7 Å². The first kappa shape index (κ1) is 20.2. The van der Waals surface area contributed by atoms with Gasteiger partial charge in [-0.3, -0.25) is 4.79 Å². The molecule has 0 radical (unpaired) electrons. The first-order chi connectivity index (χ1) is 13.3. The number of nitrogens with zero attached hydrogens (tertiary/aromatic N) is 3. The molecule has 1 amide bonds. The van der Waals surface area contributed by atoms with Crippen LogP contribution in [0.15, 0.2) is 24.3 Å². The molecular formula is C18H20ClF2N5O2. The summed E-state index contributed by atoms with van der Waals surface area (Å²) in [4.78, 5) is 21.7. The van der Waals surface area contributed by atoms with E-state index in [0.29, 0.717) is 30.6 Å². The maximum atomic E-state index is 12.4. The number of carbonyl (C=O) groups is 1. The third kappa shape index (κ3) is 4.66. The molecule has 0 spiro atoms. The molecule has 0 unspecified atom stereocenters. The Kier molecular flexibility index (Phi) is 6.25. The van der Waals surface area contributed by atoms with Gasteiger partial charge in [-0.1, -0.05) is 17.7 Å². The number of rotatable bonds is 4. The number of amides is 1. The zero-order chi connectivity index (χ0) is 20.3. The summed E-state index contributed by atoms with van der Waals surface area (Å²) in [5.74, 6) is -0.545. The number of aromatic nitrogens is 2. The van der Waals surface area contributed by atoms with E-state index < -0.39 is 12.3 Å². The summed E-state index contributed by atoms with van der Waals surface area (Å²) >= 11 is 6.42. The van der Waals surface area contributed by atoms with Gasteiger partial charge in [0.05, 0.1) is 12.6 Å². The number of hydrogen-bond acceptors (Lipinski definition) is 6. The van der Waals surface area contributed by atoms with Gasteiger partial charge in [0.25, 0.3) is 5.91 Å². The summed E-state index contributed by atoms with van der Waals surface area (Å²) < 4.78 is 30.6. The maximum absolute atomic E-state index is 12.4. The highest BCUT2D eigenvalue weighted by molar-refractivity contribution is 6.31. The fourth-order valence-electron chi connectivity index (χ4n) is 3.10. The van der Waals surface area contributed by atoms with Crippen LogP contribution in [0.3, 0.4) is 0 Å². The quantitative estimate of drug-likeness (QED) is 0.802. The molecule has 2 heterocycles. The Hall–Kier alpha value is -2.52. The van der Waals surface area contributed by atoms with E-state index >= 15 is 0 Å². The van der Waals surface area contributed by atoms with Crippen molar-refractivity contribution in [2.24, 2.45) is 0 Å². The third-order valence-corrected chi connectivity index (χ3v) is 4.64. The number of anilines is 3. The Morgan fingerprint density at radius 2 is 2.18 bits per heavy atom. The first-order valence-electron chi connectivity index (χ1n) is 8.69. The molecule has 0 bridgehead atoms. The van der Waals surface area contributed by atoms with Crippen LogP contribution in [-0.4, -0.2) is 42.1 Å². The van der Waals surface area contributed by atoms with Crippen LogP contribution in [0.5, 0.6) is 0 Å². The van der Waals surface area contributed by atoms with Crippen molar-refractivity contribution in [1.29, 1.82) is 0 Å². The van der Waals surface area contributed by atoms with Gasteiger partial charge >= 0.3 is 6.43 Å². The van der Waals surface area contributed by atoms with Crippen LogP contribution in [0.25, 0.3) is 0 Å². The van der Waals surface area contributed by atoms with E-state index in [1.165, 1.54) is 12.1 Å². The van der Waals surface area contributed by atoms with Crippen LogP contribution in [0.1, 0.15) is 23.7 Å². The number of nitrogen functional groups attached to an aromatic ring is 1. The number of halogens is 3. The number of ether oxygens (including phenoxy) is 1. The summed E-state index contributed by atoms with van der Waals surface area (Å²) in [5, 5.41) is 2.45. The molecule has 3 rings (SSSR count). The molecule has 1 aliphatic heterocycles. The Morgan fingerprint density at radius 1 is 1.39 bits per heavy atom. The molecule has 3 N–H and O–H groups in total. The zero-order valence-electron chi connectivity index (χ0n) is 15.2. The fraction of sp³-hybridized carbons (Fsp3) is 0.389. The minimum atomic E-state index is -3.10. The van der Waals surface area contributed by atoms with Crippen molar-refractivity contribution < 1.29 is 18.3 Å². The van der Waals surface area contributed by atoms with Crippen molar-refractivity contribution in [1.82, 2.24) is 9.97 Å². The number of hydrogen-bond donors (Lipinski definition) is 2. The van der Waals surface area contributed by atoms with Crippen LogP contribution < -0.4 is 16.0 Å². The number of aryl methyl sites for hydroxylation is 1. The lowest BCUT2D eigenvalue weighted by atomic mass is 10.0. The van der Waals surface area contributed by atoms with Crippen molar-refractivity contribution in [3.63, 3.8) is 0 Å². The number of carbonyl (C=O) groups excluding carboxylic acids is 1. The van der Waals surface area contributed by atoms with Gasteiger partial charge in [-0.05, 0) is 31.0 Å². The summed E-state index contributed by atoms with van der Waals surface area (Å²) in [6, 6.07) is 6.24. The Morgan fingerprint density at radius 3 is 2.86 bits per heavy atom. The van der Waals surface area contributed by atoms with Crippen LogP contribution in [0.2, 0.25) is 5.02 Å². The molecule has 1 fully saturated rings. The van der Waals surface area contributed by atoms with E-state index in [9.17, 15) is 13.6 Å². The molecule has 150 valence electrons. The summed E-state index contributed by atoms with van der Waals surface area (Å²) in [6.45, 7) is 3.46. The molecule has 1 aromatic carbocycles. The number of benzene rings is 1. The van der Waals surface area contributed by atoms with Gasteiger partial charge in [0.1, 0.15) is 5.82 Å². The highest BCUT2D eigenvalue weighted by Crippen LogP contribution is 2.34. The van der Waals surface area contributed by atoms with E-state index in [2.05, 4.69) is 15.3 Å². The Balaban J connectivity index is 1.93. The SMILES string of the molecule is Cc1cc(N2CCCOC[C@H]2c2ccc(NC(=O)C(F)F)cc2Cl)nc(N)n1. The summed E-state index contributed by atoms with van der Waals surface area (Å²) in [7, 11) is 0. The second-order valence-corrected chi connectivity index (χ2v) is 6.80. The predicted molar refractivity (Wildman–Crippen MR) is 103 cm³/mol. The highest BCUT2D eigenvalue weighted by Gasteiger charge is 2.27. The minimum Gasteiger partial charge on any atom is -0.379 e. The van der Waals surface area contributed by atoms with Crippen molar-refractivity contribution in [3.05, 3.63) is 40.5 Å². The second kappa shape index (κ2) is 8.66.